The summed E-state index contributed by atoms with van der Waals surface area (Å²) in [6, 6.07) is 0. The molecule has 0 saturated heterocycles. The van der Waals surface area contributed by atoms with Crippen molar-refractivity contribution < 1.29 is 24.7 Å². The van der Waals surface area contributed by atoms with Crippen molar-refractivity contribution in [2.75, 3.05) is 33.5 Å². The van der Waals surface area contributed by atoms with Crippen molar-refractivity contribution in [1.29, 1.82) is 0 Å². The first-order chi connectivity index (χ1) is 4.91. The Balaban J connectivity index is 2.65. The standard InChI is InChI=1S/C5H12O5/c1-7-2-3-8-4-5-9-10-6/h6H,2-5H2,1H3. The van der Waals surface area contributed by atoms with Gasteiger partial charge in [0, 0.05) is 7.11 Å². The second-order valence-corrected chi connectivity index (χ2v) is 1.50. The van der Waals surface area contributed by atoms with Crippen LogP contribution in [0.4, 0.5) is 0 Å². The van der Waals surface area contributed by atoms with E-state index in [4.69, 9.17) is 14.7 Å². The molecule has 0 aromatic heterocycles. The van der Waals surface area contributed by atoms with E-state index in [1.807, 2.05) is 0 Å². The Labute approximate surface area is 59.3 Å². The van der Waals surface area contributed by atoms with Crippen LogP contribution in [0.5, 0.6) is 0 Å². The lowest BCUT2D eigenvalue weighted by Crippen LogP contribution is -2.07. The average molecular weight is 152 g/mol. The molecule has 0 spiro atoms. The van der Waals surface area contributed by atoms with Crippen molar-refractivity contribution in [3.8, 4) is 0 Å². The van der Waals surface area contributed by atoms with Crippen molar-refractivity contribution in [3.63, 3.8) is 0 Å². The molecule has 0 aliphatic carbocycles. The Morgan fingerprint density at radius 3 is 2.40 bits per heavy atom. The lowest BCUT2D eigenvalue weighted by atomic mass is 10.7. The van der Waals surface area contributed by atoms with Crippen LogP contribution in [0.25, 0.3) is 0 Å². The Hall–Kier alpha value is -0.200. The Morgan fingerprint density at radius 2 is 1.80 bits per heavy atom. The van der Waals surface area contributed by atoms with Gasteiger partial charge in [-0.25, -0.2) is 10.1 Å². The molecule has 0 rings (SSSR count). The average Bonchev–Trinajstić information content (AvgIpc) is 1.97. The third-order valence-corrected chi connectivity index (χ3v) is 0.796. The first kappa shape index (κ1) is 9.80. The highest BCUT2D eigenvalue weighted by atomic mass is 17.5. The van der Waals surface area contributed by atoms with Gasteiger partial charge in [-0.1, -0.05) is 5.04 Å². The molecule has 0 aromatic carbocycles. The molecule has 5 nitrogen and oxygen atoms in total. The Kier molecular flexibility index (Phi) is 8.62. The van der Waals surface area contributed by atoms with E-state index in [0.29, 0.717) is 19.8 Å². The minimum Gasteiger partial charge on any atom is -0.382 e. The maximum atomic E-state index is 7.67. The van der Waals surface area contributed by atoms with Crippen LogP contribution in [0, 0.1) is 0 Å². The van der Waals surface area contributed by atoms with Gasteiger partial charge in [0.2, 0.25) is 0 Å². The molecule has 0 radical (unpaired) electrons. The highest BCUT2D eigenvalue weighted by molar-refractivity contribution is 4.27. The van der Waals surface area contributed by atoms with E-state index in [-0.39, 0.29) is 6.61 Å². The number of rotatable bonds is 7. The van der Waals surface area contributed by atoms with Crippen LogP contribution in [0.2, 0.25) is 0 Å². The third kappa shape index (κ3) is 7.80. The third-order valence-electron chi connectivity index (χ3n) is 0.796. The van der Waals surface area contributed by atoms with Gasteiger partial charge in [0.15, 0.2) is 0 Å². The van der Waals surface area contributed by atoms with E-state index < -0.39 is 0 Å². The van der Waals surface area contributed by atoms with Gasteiger partial charge in [0.1, 0.15) is 6.61 Å². The van der Waals surface area contributed by atoms with Gasteiger partial charge in [0.05, 0.1) is 19.8 Å². The normalized spacial score (nSPS) is 10.2. The quantitative estimate of drug-likeness (QED) is 0.318. The van der Waals surface area contributed by atoms with Crippen LogP contribution in [-0.4, -0.2) is 38.8 Å². The fourth-order valence-corrected chi connectivity index (χ4v) is 0.375. The maximum Gasteiger partial charge on any atom is 0.109 e. The molecule has 0 saturated carbocycles. The number of ether oxygens (including phenoxy) is 2. The SMILES string of the molecule is COCCOCCOOO. The zero-order valence-electron chi connectivity index (χ0n) is 5.91. The van der Waals surface area contributed by atoms with E-state index in [2.05, 4.69) is 9.93 Å². The summed E-state index contributed by atoms with van der Waals surface area (Å²) in [4.78, 5) is 4.10. The molecule has 10 heavy (non-hydrogen) atoms. The molecule has 0 atom stereocenters. The molecule has 0 heterocycles. The molecule has 0 aromatic rings. The van der Waals surface area contributed by atoms with E-state index >= 15 is 0 Å². The predicted octanol–water partition coefficient (Wildman–Crippen LogP) is 0.0706. The van der Waals surface area contributed by atoms with Gasteiger partial charge in [-0.05, 0) is 0 Å². The van der Waals surface area contributed by atoms with Crippen LogP contribution in [0.1, 0.15) is 0 Å². The maximum absolute atomic E-state index is 7.67. The predicted molar refractivity (Wildman–Crippen MR) is 32.4 cm³/mol. The van der Waals surface area contributed by atoms with E-state index in [1.165, 1.54) is 0 Å². The molecule has 0 unspecified atom stereocenters. The van der Waals surface area contributed by atoms with Crippen LogP contribution in [0.3, 0.4) is 0 Å². The second kappa shape index (κ2) is 8.80. The second-order valence-electron chi connectivity index (χ2n) is 1.50. The van der Waals surface area contributed by atoms with Crippen molar-refractivity contribution in [1.82, 2.24) is 0 Å². The molecule has 0 fully saturated rings. The molecule has 1 N–H and O–H groups in total. The van der Waals surface area contributed by atoms with Crippen LogP contribution < -0.4 is 0 Å². The van der Waals surface area contributed by atoms with Gasteiger partial charge in [-0.15, -0.1) is 0 Å². The molecule has 5 heteroatoms. The van der Waals surface area contributed by atoms with Crippen LogP contribution >= 0.6 is 0 Å². The van der Waals surface area contributed by atoms with Crippen molar-refractivity contribution >= 4 is 0 Å². The zero-order chi connectivity index (χ0) is 7.66. The molecular weight excluding hydrogens is 140 g/mol. The first-order valence-corrected chi connectivity index (χ1v) is 2.91. The summed E-state index contributed by atoms with van der Waals surface area (Å²) in [7, 11) is 1.59. The summed E-state index contributed by atoms with van der Waals surface area (Å²) in [6.07, 6.45) is 0. The van der Waals surface area contributed by atoms with Gasteiger partial charge < -0.3 is 9.47 Å². The molecule has 0 bridgehead atoms. The van der Waals surface area contributed by atoms with E-state index in [0.717, 1.165) is 0 Å². The number of methoxy groups -OCH3 is 1. The molecule has 0 amide bonds. The summed E-state index contributed by atoms with van der Waals surface area (Å²) in [6.45, 7) is 1.66. The number of hydrogen-bond donors (Lipinski definition) is 1. The Morgan fingerprint density at radius 1 is 1.10 bits per heavy atom. The highest BCUT2D eigenvalue weighted by Crippen LogP contribution is 1.77. The molecule has 0 aliphatic heterocycles. The van der Waals surface area contributed by atoms with Crippen LogP contribution in [0.15, 0.2) is 0 Å². The largest absolute Gasteiger partial charge is 0.382 e. The number of hydrogen-bond acceptors (Lipinski definition) is 5. The summed E-state index contributed by atoms with van der Waals surface area (Å²) < 4.78 is 9.64. The Bertz CT molecular complexity index is 50.0. The summed E-state index contributed by atoms with van der Waals surface area (Å²) in [5.74, 6) is 0. The van der Waals surface area contributed by atoms with Gasteiger partial charge in [-0.2, -0.15) is 0 Å². The fraction of sp³-hybridized carbons (Fsp3) is 1.00. The monoisotopic (exact) mass is 152 g/mol. The van der Waals surface area contributed by atoms with Crippen molar-refractivity contribution in [2.24, 2.45) is 0 Å². The first-order valence-electron chi connectivity index (χ1n) is 2.91. The summed E-state index contributed by atoms with van der Waals surface area (Å²) >= 11 is 0. The lowest BCUT2D eigenvalue weighted by Gasteiger charge is -2.00. The highest BCUT2D eigenvalue weighted by Gasteiger charge is 1.87. The zero-order valence-corrected chi connectivity index (χ0v) is 5.91. The molecule has 0 aliphatic rings. The minimum atomic E-state index is 0.209. The van der Waals surface area contributed by atoms with Gasteiger partial charge in [0.25, 0.3) is 0 Å². The topological polar surface area (TPSA) is 57.2 Å². The summed E-state index contributed by atoms with van der Waals surface area (Å²) in [5.41, 5.74) is 0. The smallest absolute Gasteiger partial charge is 0.109 e. The van der Waals surface area contributed by atoms with Crippen LogP contribution in [-0.2, 0) is 19.4 Å². The lowest BCUT2D eigenvalue weighted by molar-refractivity contribution is -0.491. The van der Waals surface area contributed by atoms with E-state index in [9.17, 15) is 0 Å². The van der Waals surface area contributed by atoms with Crippen molar-refractivity contribution in [2.45, 2.75) is 0 Å². The van der Waals surface area contributed by atoms with Crippen molar-refractivity contribution in [3.05, 3.63) is 0 Å². The van der Waals surface area contributed by atoms with E-state index in [1.54, 1.807) is 7.11 Å². The minimum absolute atomic E-state index is 0.209. The van der Waals surface area contributed by atoms with Gasteiger partial charge >= 0.3 is 0 Å². The molecular formula is C5H12O5. The molecule has 62 valence electrons. The summed E-state index contributed by atoms with van der Waals surface area (Å²) in [5, 5.41) is 11.0. The van der Waals surface area contributed by atoms with Gasteiger partial charge in [-0.3, -0.25) is 0 Å². The fourth-order valence-electron chi connectivity index (χ4n) is 0.375.